The Bertz CT molecular complexity index is 573. The molecule has 2 rings (SSSR count). The zero-order valence-electron chi connectivity index (χ0n) is 15.1. The van der Waals surface area contributed by atoms with Crippen molar-refractivity contribution >= 4 is 0 Å². The summed E-state index contributed by atoms with van der Waals surface area (Å²) < 4.78 is 28.8. The van der Waals surface area contributed by atoms with Crippen LogP contribution in [0, 0.1) is 23.0 Å². The first kappa shape index (κ1) is 18.4. The van der Waals surface area contributed by atoms with Crippen LogP contribution < -0.4 is 0 Å². The zero-order valence-corrected chi connectivity index (χ0v) is 15.1. The van der Waals surface area contributed by atoms with Crippen LogP contribution in [0.4, 0.5) is 8.78 Å². The van der Waals surface area contributed by atoms with Crippen LogP contribution in [0.3, 0.4) is 0 Å². The Hall–Kier alpha value is -0.960. The summed E-state index contributed by atoms with van der Waals surface area (Å²) in [5.41, 5.74) is -0.0973. The molecule has 1 aromatic rings. The Morgan fingerprint density at radius 3 is 2.13 bits per heavy atom. The zero-order chi connectivity index (χ0) is 17.4. The minimum Gasteiger partial charge on any atom is -0.384 e. The summed E-state index contributed by atoms with van der Waals surface area (Å²) in [6, 6.07) is 0.994. The number of hydrogen-bond acceptors (Lipinski definition) is 1. The van der Waals surface area contributed by atoms with Crippen molar-refractivity contribution < 1.29 is 13.9 Å². The lowest BCUT2D eigenvalue weighted by atomic mass is 9.65. The topological polar surface area (TPSA) is 20.2 Å². The minimum atomic E-state index is -1.16. The molecule has 1 aromatic carbocycles. The molecule has 1 N–H and O–H groups in total. The molecule has 3 heteroatoms. The van der Waals surface area contributed by atoms with E-state index in [-0.39, 0.29) is 5.92 Å². The Labute approximate surface area is 139 Å². The van der Waals surface area contributed by atoms with Crippen LogP contribution in [0.25, 0.3) is 0 Å². The molecular weight excluding hydrogens is 294 g/mol. The fourth-order valence-electron chi connectivity index (χ4n) is 4.62. The number of benzene rings is 1. The third-order valence-electron chi connectivity index (χ3n) is 5.68. The second-order valence-corrected chi connectivity index (χ2v) is 7.63. The summed E-state index contributed by atoms with van der Waals surface area (Å²) in [5.74, 6) is -1.00. The molecule has 130 valence electrons. The first-order chi connectivity index (χ1) is 10.7. The molecule has 0 radical (unpaired) electrons. The van der Waals surface area contributed by atoms with Gasteiger partial charge in [0, 0.05) is 11.5 Å². The quantitative estimate of drug-likeness (QED) is 0.731. The molecule has 1 unspecified atom stereocenters. The first-order valence-corrected chi connectivity index (χ1v) is 8.97. The van der Waals surface area contributed by atoms with Crippen LogP contribution in [0.15, 0.2) is 6.07 Å². The summed E-state index contributed by atoms with van der Waals surface area (Å²) in [5, 5.41) is 11.8. The molecule has 1 nitrogen and oxygen atoms in total. The van der Waals surface area contributed by atoms with Gasteiger partial charge < -0.3 is 5.11 Å². The van der Waals surface area contributed by atoms with Crippen LogP contribution in [0.5, 0.6) is 0 Å². The maximum atomic E-state index is 14.4. The molecule has 0 bridgehead atoms. The van der Waals surface area contributed by atoms with E-state index in [2.05, 4.69) is 13.8 Å². The highest BCUT2D eigenvalue weighted by Gasteiger charge is 2.56. The van der Waals surface area contributed by atoms with Crippen LogP contribution in [0.1, 0.15) is 77.0 Å². The van der Waals surface area contributed by atoms with Crippen molar-refractivity contribution in [2.24, 2.45) is 11.3 Å². The fraction of sp³-hybridized carbons (Fsp3) is 0.700. The van der Waals surface area contributed by atoms with E-state index >= 15 is 0 Å². The van der Waals surface area contributed by atoms with Gasteiger partial charge in [0.25, 0.3) is 0 Å². The predicted molar refractivity (Wildman–Crippen MR) is 90.4 cm³/mol. The SMILES string of the molecule is CCCC(CCC)C1(O)c2c(CC)c(F)cc(F)c2CC1(C)C. The lowest BCUT2D eigenvalue weighted by Crippen LogP contribution is -2.45. The Morgan fingerprint density at radius 1 is 1.09 bits per heavy atom. The normalized spacial score (nSPS) is 22.7. The summed E-state index contributed by atoms with van der Waals surface area (Å²) in [6.45, 7) is 10.0. The maximum Gasteiger partial charge on any atom is 0.129 e. The molecule has 0 saturated heterocycles. The van der Waals surface area contributed by atoms with Crippen molar-refractivity contribution in [1.29, 1.82) is 0 Å². The molecule has 1 aliphatic rings. The van der Waals surface area contributed by atoms with Crippen molar-refractivity contribution in [2.45, 2.75) is 78.7 Å². The molecule has 0 saturated carbocycles. The standard InChI is InChI=1S/C20H30F2O/c1-6-9-13(10-7-2)20(23)18-14(8-3)16(21)11-17(22)15(18)12-19(20,4)5/h11,13,23H,6-10,12H2,1-5H3. The number of aliphatic hydroxyl groups is 1. The highest BCUT2D eigenvalue weighted by Crippen LogP contribution is 2.57. The van der Waals surface area contributed by atoms with Crippen LogP contribution in [0.2, 0.25) is 0 Å². The van der Waals surface area contributed by atoms with Crippen LogP contribution >= 0.6 is 0 Å². The van der Waals surface area contributed by atoms with Gasteiger partial charge in [-0.15, -0.1) is 0 Å². The highest BCUT2D eigenvalue weighted by molar-refractivity contribution is 5.48. The molecule has 23 heavy (non-hydrogen) atoms. The summed E-state index contributed by atoms with van der Waals surface area (Å²) in [6.07, 6.45) is 4.58. The van der Waals surface area contributed by atoms with E-state index < -0.39 is 22.7 Å². The predicted octanol–water partition coefficient (Wildman–Crippen LogP) is 5.51. The first-order valence-electron chi connectivity index (χ1n) is 8.97. The number of hydrogen-bond donors (Lipinski definition) is 1. The van der Waals surface area contributed by atoms with Gasteiger partial charge in [0.15, 0.2) is 0 Å². The van der Waals surface area contributed by atoms with E-state index in [1.54, 1.807) is 0 Å². The lowest BCUT2D eigenvalue weighted by Gasteiger charge is -2.44. The van der Waals surface area contributed by atoms with Crippen molar-refractivity contribution in [1.82, 2.24) is 0 Å². The third kappa shape index (κ3) is 2.71. The Kier molecular flexibility index (Phi) is 5.20. The van der Waals surface area contributed by atoms with Gasteiger partial charge >= 0.3 is 0 Å². The lowest BCUT2D eigenvalue weighted by molar-refractivity contribution is -0.113. The molecule has 0 amide bonds. The Balaban J connectivity index is 2.74. The van der Waals surface area contributed by atoms with Gasteiger partial charge in [0.2, 0.25) is 0 Å². The van der Waals surface area contributed by atoms with E-state index in [0.29, 0.717) is 29.5 Å². The minimum absolute atomic E-state index is 0.0280. The third-order valence-corrected chi connectivity index (χ3v) is 5.68. The largest absolute Gasteiger partial charge is 0.384 e. The van der Waals surface area contributed by atoms with Gasteiger partial charge in [0.05, 0.1) is 5.60 Å². The van der Waals surface area contributed by atoms with Gasteiger partial charge in [-0.1, -0.05) is 47.5 Å². The number of halogens is 2. The second-order valence-electron chi connectivity index (χ2n) is 7.63. The summed E-state index contributed by atoms with van der Waals surface area (Å²) >= 11 is 0. The van der Waals surface area contributed by atoms with E-state index in [9.17, 15) is 13.9 Å². The van der Waals surface area contributed by atoms with Crippen molar-refractivity contribution in [2.75, 3.05) is 0 Å². The molecule has 0 aliphatic heterocycles. The molecule has 1 atom stereocenters. The van der Waals surface area contributed by atoms with Crippen molar-refractivity contribution in [3.05, 3.63) is 34.4 Å². The molecule has 0 fully saturated rings. The van der Waals surface area contributed by atoms with E-state index in [4.69, 9.17) is 0 Å². The fourth-order valence-corrected chi connectivity index (χ4v) is 4.62. The van der Waals surface area contributed by atoms with Crippen LogP contribution in [-0.2, 0) is 18.4 Å². The van der Waals surface area contributed by atoms with Gasteiger partial charge in [0.1, 0.15) is 11.6 Å². The van der Waals surface area contributed by atoms with Gasteiger partial charge in [-0.05, 0) is 48.3 Å². The van der Waals surface area contributed by atoms with E-state index in [1.165, 1.54) is 0 Å². The molecule has 0 spiro atoms. The molecular formula is C20H30F2O. The number of rotatable bonds is 6. The van der Waals surface area contributed by atoms with Gasteiger partial charge in [-0.25, -0.2) is 8.78 Å². The smallest absolute Gasteiger partial charge is 0.129 e. The maximum absolute atomic E-state index is 14.4. The van der Waals surface area contributed by atoms with Crippen molar-refractivity contribution in [3.63, 3.8) is 0 Å². The Morgan fingerprint density at radius 2 is 1.65 bits per heavy atom. The highest BCUT2D eigenvalue weighted by atomic mass is 19.1. The number of fused-ring (bicyclic) bond motifs is 1. The van der Waals surface area contributed by atoms with Gasteiger partial charge in [-0.3, -0.25) is 0 Å². The van der Waals surface area contributed by atoms with Gasteiger partial charge in [-0.2, -0.15) is 0 Å². The average molecular weight is 324 g/mol. The summed E-state index contributed by atoms with van der Waals surface area (Å²) in [7, 11) is 0. The molecule has 1 aliphatic carbocycles. The second kappa shape index (κ2) is 6.51. The van der Waals surface area contributed by atoms with E-state index in [1.807, 2.05) is 20.8 Å². The monoisotopic (exact) mass is 324 g/mol. The molecule has 0 aromatic heterocycles. The van der Waals surface area contributed by atoms with Crippen molar-refractivity contribution in [3.8, 4) is 0 Å². The summed E-state index contributed by atoms with van der Waals surface area (Å²) in [4.78, 5) is 0. The average Bonchev–Trinajstić information content (AvgIpc) is 2.69. The molecule has 0 heterocycles. The van der Waals surface area contributed by atoms with Crippen LogP contribution in [-0.4, -0.2) is 5.11 Å². The van der Waals surface area contributed by atoms with E-state index in [0.717, 1.165) is 31.7 Å².